The second kappa shape index (κ2) is 9.27. The molecule has 28 heavy (non-hydrogen) atoms. The SMILES string of the molecule is CCOc1ccc(OCC)c(N2CCOCC2)c1N=Nc1ccc(O)cc1O. The number of hydrogen-bond donors (Lipinski definition) is 2. The van der Waals surface area contributed by atoms with Gasteiger partial charge in [0.05, 0.1) is 26.4 Å². The van der Waals surface area contributed by atoms with Crippen molar-refractivity contribution in [2.24, 2.45) is 10.2 Å². The normalized spacial score (nSPS) is 14.4. The number of anilines is 1. The maximum atomic E-state index is 10.0. The molecule has 0 bridgehead atoms. The van der Waals surface area contributed by atoms with Crippen molar-refractivity contribution < 1.29 is 24.4 Å². The number of aromatic hydroxyl groups is 2. The maximum Gasteiger partial charge on any atom is 0.155 e. The number of hydrogen-bond acceptors (Lipinski definition) is 8. The van der Waals surface area contributed by atoms with Crippen LogP contribution in [0.15, 0.2) is 40.6 Å². The summed E-state index contributed by atoms with van der Waals surface area (Å²) in [5, 5.41) is 28.0. The van der Waals surface area contributed by atoms with Crippen molar-refractivity contribution in [3.8, 4) is 23.0 Å². The molecule has 2 aromatic carbocycles. The molecule has 1 aliphatic rings. The van der Waals surface area contributed by atoms with Crippen LogP contribution in [0, 0.1) is 0 Å². The molecular weight excluding hydrogens is 362 g/mol. The van der Waals surface area contributed by atoms with Crippen molar-refractivity contribution in [1.82, 2.24) is 0 Å². The number of phenolic OH excluding ortho intramolecular Hbond substituents is 2. The van der Waals surface area contributed by atoms with Crippen molar-refractivity contribution in [1.29, 1.82) is 0 Å². The van der Waals surface area contributed by atoms with Gasteiger partial charge in [-0.05, 0) is 38.1 Å². The Hall–Kier alpha value is -3.00. The van der Waals surface area contributed by atoms with Crippen LogP contribution in [0.4, 0.5) is 17.1 Å². The molecule has 0 radical (unpaired) electrons. The quantitative estimate of drug-likeness (QED) is 0.693. The molecule has 0 unspecified atom stereocenters. The summed E-state index contributed by atoms with van der Waals surface area (Å²) in [4.78, 5) is 2.14. The van der Waals surface area contributed by atoms with Crippen LogP contribution < -0.4 is 14.4 Å². The smallest absolute Gasteiger partial charge is 0.155 e. The molecule has 1 saturated heterocycles. The van der Waals surface area contributed by atoms with E-state index in [1.54, 1.807) is 0 Å². The van der Waals surface area contributed by atoms with E-state index in [0.717, 1.165) is 5.69 Å². The number of rotatable bonds is 7. The Bertz CT molecular complexity index is 835. The third kappa shape index (κ3) is 4.45. The first-order valence-electron chi connectivity index (χ1n) is 9.33. The van der Waals surface area contributed by atoms with Crippen LogP contribution in [0.3, 0.4) is 0 Å². The van der Waals surface area contributed by atoms with Crippen LogP contribution in [0.25, 0.3) is 0 Å². The lowest BCUT2D eigenvalue weighted by atomic mass is 10.2. The van der Waals surface area contributed by atoms with E-state index in [0.29, 0.717) is 56.7 Å². The lowest BCUT2D eigenvalue weighted by molar-refractivity contribution is 0.122. The average molecular weight is 387 g/mol. The molecule has 0 amide bonds. The minimum atomic E-state index is -0.157. The number of ether oxygens (including phenoxy) is 3. The highest BCUT2D eigenvalue weighted by molar-refractivity contribution is 5.80. The van der Waals surface area contributed by atoms with Crippen LogP contribution in [-0.4, -0.2) is 49.7 Å². The summed E-state index contributed by atoms with van der Waals surface area (Å²) in [7, 11) is 0. The topological polar surface area (TPSA) is 96.1 Å². The van der Waals surface area contributed by atoms with Gasteiger partial charge in [0.15, 0.2) is 5.69 Å². The molecule has 0 aliphatic carbocycles. The van der Waals surface area contributed by atoms with E-state index >= 15 is 0 Å². The minimum Gasteiger partial charge on any atom is -0.508 e. The van der Waals surface area contributed by atoms with Crippen LogP contribution in [0.5, 0.6) is 23.0 Å². The molecule has 3 rings (SSSR count). The van der Waals surface area contributed by atoms with Gasteiger partial charge in [0.2, 0.25) is 0 Å². The van der Waals surface area contributed by atoms with E-state index in [1.807, 2.05) is 26.0 Å². The standard InChI is InChI=1S/C20H25N3O5/c1-3-27-17-7-8-18(28-4-2)20(23-9-11-26-12-10-23)19(17)22-21-15-6-5-14(24)13-16(15)25/h5-8,13,24-25H,3-4,9-12H2,1-2H3. The second-order valence-electron chi connectivity index (χ2n) is 6.10. The molecule has 2 aromatic rings. The van der Waals surface area contributed by atoms with Crippen molar-refractivity contribution in [3.63, 3.8) is 0 Å². The highest BCUT2D eigenvalue weighted by atomic mass is 16.5. The van der Waals surface area contributed by atoms with E-state index in [1.165, 1.54) is 18.2 Å². The fourth-order valence-corrected chi connectivity index (χ4v) is 2.98. The predicted octanol–water partition coefficient (Wildman–Crippen LogP) is 4.15. The molecule has 8 heteroatoms. The van der Waals surface area contributed by atoms with Gasteiger partial charge in [-0.3, -0.25) is 0 Å². The highest BCUT2D eigenvalue weighted by Gasteiger charge is 2.23. The summed E-state index contributed by atoms with van der Waals surface area (Å²) >= 11 is 0. The molecule has 2 N–H and O–H groups in total. The van der Waals surface area contributed by atoms with Gasteiger partial charge in [0.1, 0.15) is 34.4 Å². The molecule has 0 aromatic heterocycles. The Morgan fingerprint density at radius 2 is 1.64 bits per heavy atom. The number of morpholine rings is 1. The van der Waals surface area contributed by atoms with E-state index in [2.05, 4.69) is 15.1 Å². The van der Waals surface area contributed by atoms with Gasteiger partial charge in [-0.1, -0.05) is 0 Å². The largest absolute Gasteiger partial charge is 0.508 e. The molecule has 150 valence electrons. The number of azo groups is 1. The highest BCUT2D eigenvalue weighted by Crippen LogP contribution is 2.46. The Balaban J connectivity index is 2.09. The molecule has 1 aliphatic heterocycles. The molecule has 0 spiro atoms. The second-order valence-corrected chi connectivity index (χ2v) is 6.10. The van der Waals surface area contributed by atoms with Crippen LogP contribution >= 0.6 is 0 Å². The summed E-state index contributed by atoms with van der Waals surface area (Å²) in [6, 6.07) is 7.84. The van der Waals surface area contributed by atoms with Gasteiger partial charge in [-0.15, -0.1) is 10.2 Å². The van der Waals surface area contributed by atoms with Crippen molar-refractivity contribution in [3.05, 3.63) is 30.3 Å². The number of phenols is 2. The first-order valence-corrected chi connectivity index (χ1v) is 9.33. The van der Waals surface area contributed by atoms with Gasteiger partial charge >= 0.3 is 0 Å². The maximum absolute atomic E-state index is 10.0. The van der Waals surface area contributed by atoms with Crippen molar-refractivity contribution in [2.45, 2.75) is 13.8 Å². The molecule has 0 saturated carbocycles. The zero-order valence-electron chi connectivity index (χ0n) is 16.1. The molecular formula is C20H25N3O5. The fraction of sp³-hybridized carbons (Fsp3) is 0.400. The zero-order valence-corrected chi connectivity index (χ0v) is 16.1. The Morgan fingerprint density at radius 1 is 0.964 bits per heavy atom. The lowest BCUT2D eigenvalue weighted by Crippen LogP contribution is -2.36. The number of benzene rings is 2. The van der Waals surface area contributed by atoms with Gasteiger partial charge < -0.3 is 29.3 Å². The first-order chi connectivity index (χ1) is 13.6. The molecule has 1 heterocycles. The van der Waals surface area contributed by atoms with Gasteiger partial charge in [0, 0.05) is 19.2 Å². The summed E-state index contributed by atoms with van der Waals surface area (Å²) in [6.07, 6.45) is 0. The zero-order chi connectivity index (χ0) is 19.9. The summed E-state index contributed by atoms with van der Waals surface area (Å²) < 4.78 is 17.1. The lowest BCUT2D eigenvalue weighted by Gasteiger charge is -2.31. The van der Waals surface area contributed by atoms with Gasteiger partial charge in [0.25, 0.3) is 0 Å². The van der Waals surface area contributed by atoms with E-state index in [4.69, 9.17) is 14.2 Å². The summed E-state index contributed by atoms with van der Waals surface area (Å²) in [5.74, 6) is 1.07. The van der Waals surface area contributed by atoms with Crippen molar-refractivity contribution in [2.75, 3.05) is 44.4 Å². The summed E-state index contributed by atoms with van der Waals surface area (Å²) in [6.45, 7) is 7.43. The van der Waals surface area contributed by atoms with E-state index in [9.17, 15) is 10.2 Å². The van der Waals surface area contributed by atoms with E-state index < -0.39 is 0 Å². The van der Waals surface area contributed by atoms with Gasteiger partial charge in [-0.2, -0.15) is 0 Å². The Kier molecular flexibility index (Phi) is 6.54. The van der Waals surface area contributed by atoms with Crippen LogP contribution in [0.2, 0.25) is 0 Å². The molecule has 1 fully saturated rings. The first kappa shape index (κ1) is 19.8. The third-order valence-electron chi connectivity index (χ3n) is 4.22. The fourth-order valence-electron chi connectivity index (χ4n) is 2.98. The third-order valence-corrected chi connectivity index (χ3v) is 4.22. The van der Waals surface area contributed by atoms with Crippen LogP contribution in [-0.2, 0) is 4.74 Å². The van der Waals surface area contributed by atoms with Gasteiger partial charge in [-0.25, -0.2) is 0 Å². The van der Waals surface area contributed by atoms with Crippen molar-refractivity contribution >= 4 is 17.1 Å². The Labute approximate surface area is 164 Å². The molecule has 0 atom stereocenters. The Morgan fingerprint density at radius 3 is 2.32 bits per heavy atom. The number of nitrogens with zero attached hydrogens (tertiary/aromatic N) is 3. The minimum absolute atomic E-state index is 0.0428. The summed E-state index contributed by atoms with van der Waals surface area (Å²) in [5.41, 5.74) is 1.57. The van der Waals surface area contributed by atoms with Crippen LogP contribution in [0.1, 0.15) is 13.8 Å². The average Bonchev–Trinajstić information content (AvgIpc) is 2.70. The predicted molar refractivity (Wildman–Crippen MR) is 106 cm³/mol. The molecule has 8 nitrogen and oxygen atoms in total. The monoisotopic (exact) mass is 387 g/mol. The van der Waals surface area contributed by atoms with E-state index in [-0.39, 0.29) is 17.2 Å².